The van der Waals surface area contributed by atoms with Crippen LogP contribution in [0.15, 0.2) is 0 Å². The summed E-state index contributed by atoms with van der Waals surface area (Å²) in [6.07, 6.45) is 1.02. The van der Waals surface area contributed by atoms with Crippen LogP contribution in [-0.4, -0.2) is 17.9 Å². The van der Waals surface area contributed by atoms with Gasteiger partial charge in [-0.05, 0) is 34.1 Å². The van der Waals surface area contributed by atoms with Crippen molar-refractivity contribution in [2.75, 3.05) is 0 Å². The van der Waals surface area contributed by atoms with E-state index >= 15 is 0 Å². The van der Waals surface area contributed by atoms with Crippen LogP contribution < -0.4 is 0 Å². The van der Waals surface area contributed by atoms with Gasteiger partial charge in [0.2, 0.25) is 0 Å². The number of carbonyl (C=O) groups is 2. The molecule has 0 amide bonds. The summed E-state index contributed by atoms with van der Waals surface area (Å²) in [6, 6.07) is 0. The van der Waals surface area contributed by atoms with Crippen molar-refractivity contribution >= 4 is 11.8 Å². The highest BCUT2D eigenvalue weighted by Gasteiger charge is 2.36. The third-order valence-corrected chi connectivity index (χ3v) is 2.03. The van der Waals surface area contributed by atoms with Crippen LogP contribution in [0.4, 0.5) is 0 Å². The quantitative estimate of drug-likeness (QED) is 0.505. The Labute approximate surface area is 85.8 Å². The van der Waals surface area contributed by atoms with E-state index in [4.69, 9.17) is 4.74 Å². The van der Waals surface area contributed by atoms with E-state index in [1.165, 1.54) is 0 Å². The molecule has 0 aliphatic carbocycles. The van der Waals surface area contributed by atoms with Gasteiger partial charge in [0.1, 0.15) is 11.2 Å². The van der Waals surface area contributed by atoms with E-state index < -0.39 is 11.4 Å². The number of hydrogen-bond acceptors (Lipinski definition) is 3. The van der Waals surface area contributed by atoms with Gasteiger partial charge in [-0.3, -0.25) is 9.59 Å². The summed E-state index contributed by atoms with van der Waals surface area (Å²) >= 11 is 0. The topological polar surface area (TPSA) is 43.4 Å². The Bertz CT molecular complexity index is 217. The minimum atomic E-state index is -1.000. The zero-order valence-electron chi connectivity index (χ0n) is 9.72. The number of ketones is 1. The Kier molecular flexibility index (Phi) is 4.81. The van der Waals surface area contributed by atoms with E-state index in [1.54, 1.807) is 27.7 Å². The molecule has 0 fully saturated rings. The molecule has 0 heterocycles. The van der Waals surface area contributed by atoms with Gasteiger partial charge in [-0.1, -0.05) is 6.92 Å². The molecule has 0 bridgehead atoms. The summed E-state index contributed by atoms with van der Waals surface area (Å²) in [7, 11) is 0. The number of ether oxygens (including phenoxy) is 1. The molecule has 0 N–H and O–H groups in total. The van der Waals surface area contributed by atoms with E-state index in [1.807, 2.05) is 6.92 Å². The molecule has 0 saturated heterocycles. The van der Waals surface area contributed by atoms with Crippen LogP contribution >= 0.6 is 0 Å². The van der Waals surface area contributed by atoms with Crippen molar-refractivity contribution in [3.63, 3.8) is 0 Å². The van der Waals surface area contributed by atoms with Gasteiger partial charge in [-0.2, -0.15) is 0 Å². The average molecular weight is 200 g/mol. The van der Waals surface area contributed by atoms with Crippen LogP contribution in [0, 0.1) is 5.41 Å². The predicted octanol–water partition coefficient (Wildman–Crippen LogP) is 2.33. The van der Waals surface area contributed by atoms with Crippen LogP contribution in [0.2, 0.25) is 0 Å². The highest BCUT2D eigenvalue weighted by molar-refractivity contribution is 6.02. The van der Waals surface area contributed by atoms with Gasteiger partial charge in [0.15, 0.2) is 0 Å². The normalized spacial score (nSPS) is 11.6. The molecule has 0 aromatic rings. The SMILES string of the molecule is CCCC(=O)C(C)(C)C(=O)OC(C)C. The molecule has 14 heavy (non-hydrogen) atoms. The average Bonchev–Trinajstić information content (AvgIpc) is 2.03. The van der Waals surface area contributed by atoms with Crippen LogP contribution in [-0.2, 0) is 14.3 Å². The Morgan fingerprint density at radius 2 is 1.79 bits per heavy atom. The Balaban J connectivity index is 4.44. The first-order valence-corrected chi connectivity index (χ1v) is 5.06. The Hall–Kier alpha value is -0.860. The summed E-state index contributed by atoms with van der Waals surface area (Å²) < 4.78 is 5.02. The molecule has 0 aromatic carbocycles. The van der Waals surface area contributed by atoms with Crippen molar-refractivity contribution in [3.8, 4) is 0 Å². The Morgan fingerprint density at radius 3 is 2.14 bits per heavy atom. The van der Waals surface area contributed by atoms with Gasteiger partial charge >= 0.3 is 5.97 Å². The predicted molar refractivity (Wildman–Crippen MR) is 54.9 cm³/mol. The highest BCUT2D eigenvalue weighted by atomic mass is 16.5. The Morgan fingerprint density at radius 1 is 1.29 bits per heavy atom. The summed E-state index contributed by atoms with van der Waals surface area (Å²) in [5, 5.41) is 0. The van der Waals surface area contributed by atoms with Gasteiger partial charge < -0.3 is 4.74 Å². The molecule has 0 aliphatic rings. The molecule has 0 aromatic heterocycles. The fourth-order valence-electron chi connectivity index (χ4n) is 1.01. The van der Waals surface area contributed by atoms with Crippen molar-refractivity contribution in [1.29, 1.82) is 0 Å². The first-order valence-electron chi connectivity index (χ1n) is 5.06. The van der Waals surface area contributed by atoms with Crippen molar-refractivity contribution < 1.29 is 14.3 Å². The molecule has 82 valence electrons. The van der Waals surface area contributed by atoms with Crippen molar-refractivity contribution in [2.45, 2.75) is 53.6 Å². The number of hydrogen-bond donors (Lipinski definition) is 0. The monoisotopic (exact) mass is 200 g/mol. The first-order chi connectivity index (χ1) is 6.32. The molecule has 3 nitrogen and oxygen atoms in total. The molecule has 3 heteroatoms. The second kappa shape index (κ2) is 5.13. The largest absolute Gasteiger partial charge is 0.462 e. The molecule has 0 saturated carbocycles. The van der Waals surface area contributed by atoms with E-state index in [0.717, 1.165) is 6.42 Å². The minimum absolute atomic E-state index is 0.0503. The van der Waals surface area contributed by atoms with Crippen LogP contribution in [0.25, 0.3) is 0 Å². The fraction of sp³-hybridized carbons (Fsp3) is 0.818. The summed E-state index contributed by atoms with van der Waals surface area (Å²) in [4.78, 5) is 23.1. The van der Waals surface area contributed by atoms with Gasteiger partial charge in [0.25, 0.3) is 0 Å². The third-order valence-electron chi connectivity index (χ3n) is 2.03. The molecule has 0 rings (SSSR count). The lowest BCUT2D eigenvalue weighted by Crippen LogP contribution is -2.36. The lowest BCUT2D eigenvalue weighted by Gasteiger charge is -2.22. The summed E-state index contributed by atoms with van der Waals surface area (Å²) in [5.74, 6) is -0.475. The zero-order valence-corrected chi connectivity index (χ0v) is 9.72. The van der Waals surface area contributed by atoms with Crippen molar-refractivity contribution in [3.05, 3.63) is 0 Å². The molecule has 0 unspecified atom stereocenters. The van der Waals surface area contributed by atoms with Crippen molar-refractivity contribution in [1.82, 2.24) is 0 Å². The molecular weight excluding hydrogens is 180 g/mol. The minimum Gasteiger partial charge on any atom is -0.462 e. The molecule has 0 aliphatic heterocycles. The van der Waals surface area contributed by atoms with Crippen molar-refractivity contribution in [2.24, 2.45) is 5.41 Å². The van der Waals surface area contributed by atoms with Crippen LogP contribution in [0.1, 0.15) is 47.5 Å². The maximum Gasteiger partial charge on any atom is 0.319 e. The number of carbonyl (C=O) groups excluding carboxylic acids is 2. The van der Waals surface area contributed by atoms with Gasteiger partial charge in [-0.15, -0.1) is 0 Å². The smallest absolute Gasteiger partial charge is 0.319 e. The van der Waals surface area contributed by atoms with E-state index in [9.17, 15) is 9.59 Å². The highest BCUT2D eigenvalue weighted by Crippen LogP contribution is 2.22. The molecule has 0 atom stereocenters. The lowest BCUT2D eigenvalue weighted by molar-refractivity contribution is -0.161. The fourth-order valence-corrected chi connectivity index (χ4v) is 1.01. The molecule has 0 radical (unpaired) electrons. The van der Waals surface area contributed by atoms with Crippen LogP contribution in [0.5, 0.6) is 0 Å². The number of rotatable bonds is 5. The maximum absolute atomic E-state index is 11.6. The van der Waals surface area contributed by atoms with E-state index in [-0.39, 0.29) is 11.9 Å². The lowest BCUT2D eigenvalue weighted by atomic mass is 9.86. The van der Waals surface area contributed by atoms with Gasteiger partial charge in [-0.25, -0.2) is 0 Å². The maximum atomic E-state index is 11.6. The third kappa shape index (κ3) is 3.48. The summed E-state index contributed by atoms with van der Waals surface area (Å²) in [6.45, 7) is 8.71. The first kappa shape index (κ1) is 13.1. The van der Waals surface area contributed by atoms with E-state index in [0.29, 0.717) is 6.42 Å². The molecular formula is C11H20O3. The standard InChI is InChI=1S/C11H20O3/c1-6-7-9(12)11(4,5)10(13)14-8(2)3/h8H,6-7H2,1-5H3. The zero-order chi connectivity index (χ0) is 11.4. The number of esters is 1. The summed E-state index contributed by atoms with van der Waals surface area (Å²) in [5.41, 5.74) is -1.000. The van der Waals surface area contributed by atoms with E-state index in [2.05, 4.69) is 0 Å². The second-order valence-electron chi connectivity index (χ2n) is 4.25. The van der Waals surface area contributed by atoms with Crippen LogP contribution in [0.3, 0.4) is 0 Å². The molecule has 0 spiro atoms. The number of Topliss-reactive ketones (excluding diaryl/α,β-unsaturated/α-hetero) is 1. The van der Waals surface area contributed by atoms with Gasteiger partial charge in [0.05, 0.1) is 6.10 Å². The second-order valence-corrected chi connectivity index (χ2v) is 4.25. The van der Waals surface area contributed by atoms with Gasteiger partial charge in [0, 0.05) is 6.42 Å².